The van der Waals surface area contributed by atoms with E-state index in [9.17, 15) is 22.8 Å². The molecule has 0 spiro atoms. The van der Waals surface area contributed by atoms with Gasteiger partial charge in [-0.2, -0.15) is 4.31 Å². The van der Waals surface area contributed by atoms with Crippen molar-refractivity contribution in [3.8, 4) is 0 Å². The van der Waals surface area contributed by atoms with Crippen LogP contribution >= 0.6 is 0 Å². The van der Waals surface area contributed by atoms with Crippen molar-refractivity contribution in [2.45, 2.75) is 70.9 Å². The highest BCUT2D eigenvalue weighted by molar-refractivity contribution is 7.89. The Hall–Kier alpha value is -3.04. The Bertz CT molecular complexity index is 1270. The SMILES string of the molecule is CC(=O)Nc1ccc(N2C(=O)CC(N(C3CC3)S(=O)(=O)c3c(C)c(C)cc(C)c3C)C2=O)cc1. The van der Waals surface area contributed by atoms with Gasteiger partial charge in [0.2, 0.25) is 21.8 Å². The lowest BCUT2D eigenvalue weighted by Gasteiger charge is -2.29. The van der Waals surface area contributed by atoms with Gasteiger partial charge in [0.05, 0.1) is 17.0 Å². The van der Waals surface area contributed by atoms with Gasteiger partial charge in [-0.05, 0) is 87.1 Å². The maximum atomic E-state index is 14.0. The molecule has 4 rings (SSSR count). The summed E-state index contributed by atoms with van der Waals surface area (Å²) in [5.74, 6) is -1.23. The summed E-state index contributed by atoms with van der Waals surface area (Å²) in [5, 5.41) is 2.64. The fourth-order valence-corrected chi connectivity index (χ4v) is 7.01. The minimum absolute atomic E-state index is 0.203. The maximum Gasteiger partial charge on any atom is 0.252 e. The number of hydrogen-bond donors (Lipinski definition) is 1. The minimum atomic E-state index is -4.02. The number of benzene rings is 2. The van der Waals surface area contributed by atoms with Crippen molar-refractivity contribution in [2.24, 2.45) is 0 Å². The van der Waals surface area contributed by atoms with Gasteiger partial charge in [0, 0.05) is 18.7 Å². The molecule has 1 atom stereocenters. The van der Waals surface area contributed by atoms with E-state index in [-0.39, 0.29) is 23.3 Å². The molecule has 34 heavy (non-hydrogen) atoms. The van der Waals surface area contributed by atoms with Crippen LogP contribution < -0.4 is 10.2 Å². The lowest BCUT2D eigenvalue weighted by Crippen LogP contribution is -2.47. The molecule has 8 nitrogen and oxygen atoms in total. The molecule has 1 saturated carbocycles. The van der Waals surface area contributed by atoms with Crippen LogP contribution in [-0.4, -0.2) is 42.5 Å². The summed E-state index contributed by atoms with van der Waals surface area (Å²) >= 11 is 0. The first-order valence-corrected chi connectivity index (χ1v) is 12.7. The minimum Gasteiger partial charge on any atom is -0.326 e. The predicted molar refractivity (Wildman–Crippen MR) is 129 cm³/mol. The van der Waals surface area contributed by atoms with E-state index in [1.54, 1.807) is 38.1 Å². The molecule has 2 fully saturated rings. The van der Waals surface area contributed by atoms with Crippen molar-refractivity contribution in [3.63, 3.8) is 0 Å². The first-order valence-electron chi connectivity index (χ1n) is 11.3. The van der Waals surface area contributed by atoms with Gasteiger partial charge in [0.25, 0.3) is 5.91 Å². The van der Waals surface area contributed by atoms with Gasteiger partial charge in [0.1, 0.15) is 6.04 Å². The van der Waals surface area contributed by atoms with Crippen LogP contribution in [0.2, 0.25) is 0 Å². The summed E-state index contributed by atoms with van der Waals surface area (Å²) in [6.45, 7) is 8.70. The van der Waals surface area contributed by atoms with Gasteiger partial charge in [-0.15, -0.1) is 0 Å². The summed E-state index contributed by atoms with van der Waals surface area (Å²) in [5.41, 5.74) is 3.94. The van der Waals surface area contributed by atoms with Crippen molar-refractivity contribution in [1.82, 2.24) is 4.31 Å². The highest BCUT2D eigenvalue weighted by Gasteiger charge is 2.52. The molecule has 0 bridgehead atoms. The Kier molecular flexibility index (Phi) is 6.12. The van der Waals surface area contributed by atoms with E-state index < -0.39 is 27.9 Å². The molecule has 3 amide bonds. The smallest absolute Gasteiger partial charge is 0.252 e. The van der Waals surface area contributed by atoms with Crippen LogP contribution in [-0.2, 0) is 24.4 Å². The molecule has 1 unspecified atom stereocenters. The lowest BCUT2D eigenvalue weighted by molar-refractivity contribution is -0.122. The molecule has 0 radical (unpaired) electrons. The average molecular weight is 484 g/mol. The number of amides is 3. The number of carbonyl (C=O) groups is 3. The summed E-state index contributed by atoms with van der Waals surface area (Å²) in [6.07, 6.45) is 1.11. The van der Waals surface area contributed by atoms with E-state index in [1.165, 1.54) is 11.2 Å². The van der Waals surface area contributed by atoms with Crippen LogP contribution in [0.1, 0.15) is 48.4 Å². The second-order valence-corrected chi connectivity index (χ2v) is 11.0. The number of anilines is 2. The van der Waals surface area contributed by atoms with Crippen molar-refractivity contribution in [1.29, 1.82) is 0 Å². The number of nitrogens with one attached hydrogen (secondary N) is 1. The zero-order chi connectivity index (χ0) is 24.9. The summed E-state index contributed by atoms with van der Waals surface area (Å²) in [6, 6.07) is 6.91. The fourth-order valence-electron chi connectivity index (χ4n) is 4.60. The zero-order valence-corrected chi connectivity index (χ0v) is 20.8. The molecule has 2 aliphatic rings. The molecular formula is C25H29N3O5S. The Labute approximate surface area is 200 Å². The zero-order valence-electron chi connectivity index (χ0n) is 20.0. The van der Waals surface area contributed by atoms with Crippen molar-refractivity contribution >= 4 is 39.1 Å². The lowest BCUT2D eigenvalue weighted by atomic mass is 10.0. The van der Waals surface area contributed by atoms with Gasteiger partial charge >= 0.3 is 0 Å². The third-order valence-electron chi connectivity index (χ3n) is 6.62. The second kappa shape index (κ2) is 8.63. The van der Waals surface area contributed by atoms with E-state index in [0.717, 1.165) is 16.0 Å². The van der Waals surface area contributed by atoms with Crippen LogP contribution in [0.5, 0.6) is 0 Å². The van der Waals surface area contributed by atoms with Crippen LogP contribution in [0.15, 0.2) is 35.2 Å². The second-order valence-electron chi connectivity index (χ2n) is 9.17. The van der Waals surface area contributed by atoms with E-state index >= 15 is 0 Å². The van der Waals surface area contributed by atoms with E-state index in [4.69, 9.17) is 0 Å². The molecule has 2 aromatic rings. The molecule has 1 saturated heterocycles. The number of aryl methyl sites for hydroxylation is 2. The van der Waals surface area contributed by atoms with Gasteiger partial charge in [-0.3, -0.25) is 14.4 Å². The molecule has 180 valence electrons. The van der Waals surface area contributed by atoms with Gasteiger partial charge in [0.15, 0.2) is 0 Å². The Morgan fingerprint density at radius 2 is 1.56 bits per heavy atom. The number of imide groups is 1. The highest BCUT2D eigenvalue weighted by Crippen LogP contribution is 2.40. The van der Waals surface area contributed by atoms with E-state index in [2.05, 4.69) is 5.32 Å². The molecule has 1 heterocycles. The van der Waals surface area contributed by atoms with Gasteiger partial charge in [-0.1, -0.05) is 6.07 Å². The molecule has 0 aromatic heterocycles. The molecule has 1 N–H and O–H groups in total. The third kappa shape index (κ3) is 4.14. The number of hydrogen-bond acceptors (Lipinski definition) is 5. The summed E-state index contributed by atoms with van der Waals surface area (Å²) in [7, 11) is -4.02. The Morgan fingerprint density at radius 1 is 1.00 bits per heavy atom. The predicted octanol–water partition coefficient (Wildman–Crippen LogP) is 3.36. The van der Waals surface area contributed by atoms with E-state index in [0.29, 0.717) is 35.3 Å². The average Bonchev–Trinajstić information content (AvgIpc) is 3.52. The molecular weight excluding hydrogens is 454 g/mol. The van der Waals surface area contributed by atoms with E-state index in [1.807, 2.05) is 19.9 Å². The largest absolute Gasteiger partial charge is 0.326 e. The molecule has 2 aromatic carbocycles. The normalized spacial score (nSPS) is 18.6. The topological polar surface area (TPSA) is 104 Å². The van der Waals surface area contributed by atoms with Crippen LogP contribution in [0.3, 0.4) is 0 Å². The quantitative estimate of drug-likeness (QED) is 0.635. The first kappa shape index (κ1) is 24.1. The number of nitrogens with zero attached hydrogens (tertiary/aromatic N) is 2. The Balaban J connectivity index is 1.71. The molecule has 9 heteroatoms. The Morgan fingerprint density at radius 3 is 2.06 bits per heavy atom. The maximum absolute atomic E-state index is 14.0. The van der Waals surface area contributed by atoms with Crippen LogP contribution in [0.25, 0.3) is 0 Å². The summed E-state index contributed by atoms with van der Waals surface area (Å²) in [4.78, 5) is 38.9. The standard InChI is InChI=1S/C25H29N3O5S/c1-14-12-15(2)17(4)24(16(14)3)34(32,33)28(21-10-11-21)22-13-23(30)27(25(22)31)20-8-6-19(7-9-20)26-18(5)29/h6-9,12,21-22H,10-11,13H2,1-5H3,(H,26,29). The first-order chi connectivity index (χ1) is 15.9. The van der Waals surface area contributed by atoms with Gasteiger partial charge in [-0.25, -0.2) is 13.3 Å². The van der Waals surface area contributed by atoms with Crippen LogP contribution in [0.4, 0.5) is 11.4 Å². The highest BCUT2D eigenvalue weighted by atomic mass is 32.2. The molecule has 1 aliphatic heterocycles. The molecule has 1 aliphatic carbocycles. The van der Waals surface area contributed by atoms with Crippen molar-refractivity contribution < 1.29 is 22.8 Å². The summed E-state index contributed by atoms with van der Waals surface area (Å²) < 4.78 is 29.3. The van der Waals surface area contributed by atoms with Crippen LogP contribution in [0, 0.1) is 27.7 Å². The number of sulfonamides is 1. The third-order valence-corrected chi connectivity index (χ3v) is 8.85. The monoisotopic (exact) mass is 483 g/mol. The number of carbonyl (C=O) groups excluding carboxylic acids is 3. The number of rotatable bonds is 6. The fraction of sp³-hybridized carbons (Fsp3) is 0.400. The van der Waals surface area contributed by atoms with Gasteiger partial charge < -0.3 is 5.32 Å². The van der Waals surface area contributed by atoms with Crippen molar-refractivity contribution in [2.75, 3.05) is 10.2 Å². The van der Waals surface area contributed by atoms with Crippen molar-refractivity contribution in [3.05, 3.63) is 52.6 Å².